The predicted octanol–water partition coefficient (Wildman–Crippen LogP) is 3.07. The van der Waals surface area contributed by atoms with Crippen LogP contribution in [0.3, 0.4) is 0 Å². The molecule has 5 nitrogen and oxygen atoms in total. The highest BCUT2D eigenvalue weighted by Crippen LogP contribution is 2.40. The van der Waals surface area contributed by atoms with E-state index < -0.39 is 0 Å². The summed E-state index contributed by atoms with van der Waals surface area (Å²) in [7, 11) is 0. The zero-order valence-electron chi connectivity index (χ0n) is 12.4. The monoisotopic (exact) mass is 320 g/mol. The number of hydrogen-bond donors (Lipinski definition) is 1. The van der Waals surface area contributed by atoms with Gasteiger partial charge >= 0.3 is 0 Å². The number of aromatic nitrogens is 3. The topological polar surface area (TPSA) is 53.7 Å². The smallest absolute Gasteiger partial charge is 0.230 e. The molecule has 0 aliphatic rings. The summed E-state index contributed by atoms with van der Waals surface area (Å²) in [6.07, 6.45) is 1.39. The maximum atomic E-state index is 14.3. The van der Waals surface area contributed by atoms with E-state index in [1.807, 2.05) is 19.9 Å². The SMILES string of the molecule is CCN(CC)C(c1ccccc1F)c1sc2ncnn2c1O. The van der Waals surface area contributed by atoms with Crippen LogP contribution in [0.5, 0.6) is 5.88 Å². The Morgan fingerprint density at radius 1 is 1.32 bits per heavy atom. The van der Waals surface area contributed by atoms with Crippen molar-refractivity contribution in [3.63, 3.8) is 0 Å². The molecule has 2 aromatic heterocycles. The molecule has 7 heteroatoms. The van der Waals surface area contributed by atoms with Crippen molar-refractivity contribution in [3.8, 4) is 5.88 Å². The minimum absolute atomic E-state index is 0.0256. The van der Waals surface area contributed by atoms with E-state index in [0.717, 1.165) is 13.1 Å². The highest BCUT2D eigenvalue weighted by atomic mass is 32.1. The van der Waals surface area contributed by atoms with Crippen LogP contribution in [0.15, 0.2) is 30.6 Å². The Labute approximate surface area is 131 Å². The Bertz CT molecular complexity index is 781. The van der Waals surface area contributed by atoms with Crippen LogP contribution in [0, 0.1) is 5.82 Å². The lowest BCUT2D eigenvalue weighted by molar-refractivity contribution is 0.244. The van der Waals surface area contributed by atoms with E-state index >= 15 is 0 Å². The zero-order valence-corrected chi connectivity index (χ0v) is 13.2. The summed E-state index contributed by atoms with van der Waals surface area (Å²) in [6, 6.07) is 6.32. The fraction of sp³-hybridized carbons (Fsp3) is 0.333. The first-order valence-electron chi connectivity index (χ1n) is 7.17. The van der Waals surface area contributed by atoms with Crippen molar-refractivity contribution in [1.82, 2.24) is 19.5 Å². The molecule has 0 fully saturated rings. The molecule has 2 heterocycles. The maximum Gasteiger partial charge on any atom is 0.230 e. The minimum Gasteiger partial charge on any atom is -0.492 e. The molecule has 0 spiro atoms. The van der Waals surface area contributed by atoms with Gasteiger partial charge in [-0.05, 0) is 19.2 Å². The number of fused-ring (bicyclic) bond motifs is 1. The Hall–Kier alpha value is -1.99. The minimum atomic E-state index is -0.357. The lowest BCUT2D eigenvalue weighted by atomic mass is 10.0. The highest BCUT2D eigenvalue weighted by molar-refractivity contribution is 7.17. The first kappa shape index (κ1) is 14.9. The van der Waals surface area contributed by atoms with Crippen molar-refractivity contribution in [2.75, 3.05) is 13.1 Å². The molecule has 0 saturated carbocycles. The van der Waals surface area contributed by atoms with Crippen LogP contribution in [-0.2, 0) is 0 Å². The van der Waals surface area contributed by atoms with Gasteiger partial charge < -0.3 is 5.11 Å². The van der Waals surface area contributed by atoms with Crippen molar-refractivity contribution in [1.29, 1.82) is 0 Å². The van der Waals surface area contributed by atoms with E-state index in [9.17, 15) is 9.50 Å². The summed E-state index contributed by atoms with van der Waals surface area (Å²) >= 11 is 1.33. The van der Waals surface area contributed by atoms with Crippen molar-refractivity contribution >= 4 is 16.3 Å². The third-order valence-electron chi connectivity index (χ3n) is 3.76. The molecular weight excluding hydrogens is 303 g/mol. The van der Waals surface area contributed by atoms with E-state index in [-0.39, 0.29) is 17.7 Å². The molecule has 0 amide bonds. The van der Waals surface area contributed by atoms with E-state index in [1.54, 1.807) is 12.1 Å². The molecule has 0 saturated heterocycles. The van der Waals surface area contributed by atoms with Gasteiger partial charge in [0.2, 0.25) is 10.8 Å². The second-order valence-corrected chi connectivity index (χ2v) is 5.90. The van der Waals surface area contributed by atoms with Crippen LogP contribution in [0.4, 0.5) is 4.39 Å². The molecule has 0 aliphatic heterocycles. The second kappa shape index (κ2) is 6.02. The molecule has 0 radical (unpaired) electrons. The van der Waals surface area contributed by atoms with Crippen LogP contribution < -0.4 is 0 Å². The van der Waals surface area contributed by atoms with E-state index in [0.29, 0.717) is 15.4 Å². The Morgan fingerprint density at radius 3 is 2.68 bits per heavy atom. The van der Waals surface area contributed by atoms with Crippen molar-refractivity contribution in [3.05, 3.63) is 46.9 Å². The van der Waals surface area contributed by atoms with Crippen molar-refractivity contribution in [2.45, 2.75) is 19.9 Å². The Morgan fingerprint density at radius 2 is 2.05 bits per heavy atom. The zero-order chi connectivity index (χ0) is 15.7. The van der Waals surface area contributed by atoms with Crippen LogP contribution in [-0.4, -0.2) is 37.7 Å². The number of thiazole rings is 1. The van der Waals surface area contributed by atoms with Crippen LogP contribution in [0.2, 0.25) is 0 Å². The van der Waals surface area contributed by atoms with Crippen molar-refractivity contribution < 1.29 is 9.50 Å². The Balaban J connectivity index is 2.19. The third kappa shape index (κ3) is 2.36. The maximum absolute atomic E-state index is 14.3. The molecule has 0 bridgehead atoms. The lowest BCUT2D eigenvalue weighted by Gasteiger charge is -2.29. The average molecular weight is 320 g/mol. The molecular formula is C15H17FN4OS. The molecule has 1 N–H and O–H groups in total. The van der Waals surface area contributed by atoms with Crippen LogP contribution in [0.1, 0.15) is 30.3 Å². The number of benzene rings is 1. The Kier molecular flexibility index (Phi) is 4.08. The third-order valence-corrected chi connectivity index (χ3v) is 4.85. The van der Waals surface area contributed by atoms with Gasteiger partial charge in [-0.15, -0.1) is 0 Å². The number of nitrogens with zero attached hydrogens (tertiary/aromatic N) is 4. The molecule has 1 unspecified atom stereocenters. The molecule has 22 heavy (non-hydrogen) atoms. The van der Waals surface area contributed by atoms with Gasteiger partial charge in [0, 0.05) is 5.56 Å². The lowest BCUT2D eigenvalue weighted by Crippen LogP contribution is -2.29. The molecule has 3 aromatic rings. The van der Waals surface area contributed by atoms with Gasteiger partial charge in [0.05, 0.1) is 10.9 Å². The molecule has 1 atom stereocenters. The summed E-state index contributed by atoms with van der Waals surface area (Å²) < 4.78 is 15.7. The summed E-state index contributed by atoms with van der Waals surface area (Å²) in [4.78, 5) is 7.46. The van der Waals surface area contributed by atoms with Gasteiger partial charge in [-0.3, -0.25) is 4.90 Å². The average Bonchev–Trinajstić information content (AvgIpc) is 3.09. The molecule has 0 aliphatic carbocycles. The molecule has 1 aromatic carbocycles. The molecule has 3 rings (SSSR count). The van der Waals surface area contributed by atoms with E-state index in [1.165, 1.54) is 28.2 Å². The number of halogens is 1. The van der Waals surface area contributed by atoms with E-state index in [2.05, 4.69) is 15.0 Å². The van der Waals surface area contributed by atoms with Gasteiger partial charge in [-0.1, -0.05) is 43.4 Å². The summed E-state index contributed by atoms with van der Waals surface area (Å²) in [5.74, 6) is -0.254. The van der Waals surface area contributed by atoms with Gasteiger partial charge in [-0.25, -0.2) is 9.37 Å². The summed E-state index contributed by atoms with van der Waals surface area (Å²) in [5.41, 5.74) is 0.547. The summed E-state index contributed by atoms with van der Waals surface area (Å²) in [5, 5.41) is 14.5. The van der Waals surface area contributed by atoms with Crippen LogP contribution in [0.25, 0.3) is 4.96 Å². The van der Waals surface area contributed by atoms with Crippen molar-refractivity contribution in [2.24, 2.45) is 0 Å². The fourth-order valence-electron chi connectivity index (χ4n) is 2.66. The van der Waals surface area contributed by atoms with Crippen LogP contribution >= 0.6 is 11.3 Å². The van der Waals surface area contributed by atoms with E-state index in [4.69, 9.17) is 0 Å². The number of aromatic hydroxyl groups is 1. The second-order valence-electron chi connectivity index (χ2n) is 4.89. The largest absolute Gasteiger partial charge is 0.492 e. The highest BCUT2D eigenvalue weighted by Gasteiger charge is 2.29. The number of hydrogen-bond acceptors (Lipinski definition) is 5. The van der Waals surface area contributed by atoms with Gasteiger partial charge in [-0.2, -0.15) is 9.61 Å². The quantitative estimate of drug-likeness (QED) is 0.785. The van der Waals surface area contributed by atoms with Gasteiger partial charge in [0.15, 0.2) is 0 Å². The first-order chi connectivity index (χ1) is 10.7. The normalized spacial score (nSPS) is 13.1. The standard InChI is InChI=1S/C15H17FN4OS/c1-3-19(4-2)12(10-7-5-6-8-11(10)16)13-14(21)20-15(22-13)17-9-18-20/h5-9,12,21H,3-4H2,1-2H3. The first-order valence-corrected chi connectivity index (χ1v) is 7.98. The molecule has 116 valence electrons. The summed E-state index contributed by atoms with van der Waals surface area (Å²) in [6.45, 7) is 5.52. The van der Waals surface area contributed by atoms with Gasteiger partial charge in [0.25, 0.3) is 0 Å². The number of rotatable bonds is 5. The van der Waals surface area contributed by atoms with Gasteiger partial charge in [0.1, 0.15) is 12.1 Å². The predicted molar refractivity (Wildman–Crippen MR) is 83.7 cm³/mol. The fourth-order valence-corrected chi connectivity index (χ4v) is 3.74.